The van der Waals surface area contributed by atoms with Gasteiger partial charge in [0.2, 0.25) is 0 Å². The molecule has 0 spiro atoms. The van der Waals surface area contributed by atoms with Gasteiger partial charge in [-0.15, -0.1) is 11.3 Å². The number of aromatic amines is 1. The Morgan fingerprint density at radius 1 is 1.32 bits per heavy atom. The van der Waals surface area contributed by atoms with Gasteiger partial charge in [-0.05, 0) is 18.9 Å². The third-order valence-electron chi connectivity index (χ3n) is 3.81. The molecule has 3 aromatic rings. The van der Waals surface area contributed by atoms with Crippen LogP contribution in [0.3, 0.4) is 0 Å². The van der Waals surface area contributed by atoms with Crippen LogP contribution in [0.5, 0.6) is 0 Å². The van der Waals surface area contributed by atoms with Gasteiger partial charge in [0.05, 0.1) is 11.9 Å². The van der Waals surface area contributed by atoms with E-state index in [1.807, 2.05) is 35.7 Å². The smallest absolute Gasteiger partial charge is 0.260 e. The Morgan fingerprint density at radius 2 is 2.09 bits per heavy atom. The van der Waals surface area contributed by atoms with Crippen LogP contribution in [-0.2, 0) is 6.54 Å². The Morgan fingerprint density at radius 3 is 2.82 bits per heavy atom. The summed E-state index contributed by atoms with van der Waals surface area (Å²) >= 11 is 1.52. The van der Waals surface area contributed by atoms with Crippen LogP contribution in [0, 0.1) is 0 Å². The molecule has 0 bridgehead atoms. The lowest BCUT2D eigenvalue weighted by atomic mass is 10.1. The van der Waals surface area contributed by atoms with Crippen LogP contribution in [0.1, 0.15) is 26.1 Å². The zero-order valence-electron chi connectivity index (χ0n) is 12.7. The first kappa shape index (κ1) is 14.9. The van der Waals surface area contributed by atoms with Crippen molar-refractivity contribution in [1.82, 2.24) is 15.3 Å². The predicted molar refractivity (Wildman–Crippen MR) is 92.3 cm³/mol. The third-order valence-corrected chi connectivity index (χ3v) is 4.68. The van der Waals surface area contributed by atoms with Crippen molar-refractivity contribution < 1.29 is 0 Å². The molecule has 3 rings (SSSR count). The van der Waals surface area contributed by atoms with E-state index in [9.17, 15) is 4.79 Å². The van der Waals surface area contributed by atoms with Gasteiger partial charge in [0, 0.05) is 17.0 Å². The lowest BCUT2D eigenvalue weighted by Crippen LogP contribution is -2.26. The summed E-state index contributed by atoms with van der Waals surface area (Å²) < 4.78 is 0. The highest BCUT2D eigenvalue weighted by molar-refractivity contribution is 7.17. The minimum absolute atomic E-state index is 0.0638. The van der Waals surface area contributed by atoms with Gasteiger partial charge in [-0.2, -0.15) is 0 Å². The van der Waals surface area contributed by atoms with E-state index < -0.39 is 0 Å². The Bertz CT molecular complexity index is 823. The number of hydrogen-bond donors (Lipinski definition) is 2. The number of thiophene rings is 1. The summed E-state index contributed by atoms with van der Waals surface area (Å²) in [7, 11) is 0. The largest absolute Gasteiger partial charge is 0.309 e. The second-order valence-corrected chi connectivity index (χ2v) is 6.26. The lowest BCUT2D eigenvalue weighted by molar-refractivity contribution is 0.523. The molecule has 114 valence electrons. The molecule has 0 aliphatic heterocycles. The van der Waals surface area contributed by atoms with E-state index in [-0.39, 0.29) is 5.56 Å². The van der Waals surface area contributed by atoms with Gasteiger partial charge in [-0.1, -0.05) is 37.3 Å². The number of benzene rings is 1. The highest BCUT2D eigenvalue weighted by atomic mass is 32.1. The molecule has 0 aliphatic carbocycles. The Labute approximate surface area is 133 Å². The molecule has 2 N–H and O–H groups in total. The van der Waals surface area contributed by atoms with E-state index in [1.54, 1.807) is 0 Å². The maximum absolute atomic E-state index is 12.5. The van der Waals surface area contributed by atoms with Crippen molar-refractivity contribution in [2.45, 2.75) is 32.9 Å². The topological polar surface area (TPSA) is 57.8 Å². The van der Waals surface area contributed by atoms with Crippen molar-refractivity contribution in [2.75, 3.05) is 0 Å². The second kappa shape index (κ2) is 6.42. The fourth-order valence-corrected chi connectivity index (χ4v) is 3.29. The Kier molecular flexibility index (Phi) is 4.36. The molecule has 0 saturated heterocycles. The van der Waals surface area contributed by atoms with Crippen molar-refractivity contribution in [1.29, 1.82) is 0 Å². The van der Waals surface area contributed by atoms with Crippen LogP contribution in [0.2, 0.25) is 0 Å². The average Bonchev–Trinajstić information content (AvgIpc) is 2.98. The summed E-state index contributed by atoms with van der Waals surface area (Å²) in [6.07, 6.45) is 1.05. The molecule has 0 radical (unpaired) electrons. The molecule has 0 amide bonds. The molecular formula is C17H19N3OS. The lowest BCUT2D eigenvalue weighted by Gasteiger charge is -2.10. The fourth-order valence-electron chi connectivity index (χ4n) is 2.32. The summed E-state index contributed by atoms with van der Waals surface area (Å²) in [5.41, 5.74) is 1.94. The number of fused-ring (bicyclic) bond motifs is 1. The first-order valence-electron chi connectivity index (χ1n) is 7.48. The number of nitrogens with zero attached hydrogens (tertiary/aromatic N) is 1. The summed E-state index contributed by atoms with van der Waals surface area (Å²) in [4.78, 5) is 20.7. The molecule has 1 aromatic carbocycles. The maximum Gasteiger partial charge on any atom is 0.260 e. The summed E-state index contributed by atoms with van der Waals surface area (Å²) in [6, 6.07) is 10.4. The van der Waals surface area contributed by atoms with Crippen LogP contribution in [-0.4, -0.2) is 16.0 Å². The second-order valence-electron chi connectivity index (χ2n) is 5.40. The van der Waals surface area contributed by atoms with Crippen LogP contribution in [0.25, 0.3) is 21.3 Å². The average molecular weight is 313 g/mol. The molecular weight excluding hydrogens is 294 g/mol. The molecule has 4 nitrogen and oxygen atoms in total. The molecule has 2 aromatic heterocycles. The minimum Gasteiger partial charge on any atom is -0.309 e. The van der Waals surface area contributed by atoms with E-state index in [1.165, 1.54) is 11.3 Å². The fraction of sp³-hybridized carbons (Fsp3) is 0.294. The Balaban J connectivity index is 1.98. The van der Waals surface area contributed by atoms with E-state index in [2.05, 4.69) is 29.1 Å². The van der Waals surface area contributed by atoms with Crippen molar-refractivity contribution >= 4 is 21.6 Å². The molecule has 1 unspecified atom stereocenters. The quantitative estimate of drug-likeness (QED) is 0.757. The monoisotopic (exact) mass is 313 g/mol. The highest BCUT2D eigenvalue weighted by Gasteiger charge is 2.12. The van der Waals surface area contributed by atoms with Gasteiger partial charge in [0.15, 0.2) is 0 Å². The van der Waals surface area contributed by atoms with Gasteiger partial charge in [-0.3, -0.25) is 4.79 Å². The van der Waals surface area contributed by atoms with Gasteiger partial charge in [0.25, 0.3) is 5.56 Å². The number of nitrogens with one attached hydrogen (secondary N) is 2. The minimum atomic E-state index is -0.0638. The van der Waals surface area contributed by atoms with Crippen molar-refractivity contribution in [3.8, 4) is 11.1 Å². The van der Waals surface area contributed by atoms with E-state index in [4.69, 9.17) is 0 Å². The molecule has 2 heterocycles. The SMILES string of the molecule is CCC(C)NCc1nc2scc(-c3ccccc3)c2c(=O)[nH]1. The van der Waals surface area contributed by atoms with Gasteiger partial charge >= 0.3 is 0 Å². The van der Waals surface area contributed by atoms with E-state index >= 15 is 0 Å². The standard InChI is InChI=1S/C17H19N3OS/c1-3-11(2)18-9-14-19-16(21)15-13(10-22-17(15)20-14)12-7-5-4-6-8-12/h4-8,10-11,18H,3,9H2,1-2H3,(H,19,20,21). The van der Waals surface area contributed by atoms with Gasteiger partial charge < -0.3 is 10.3 Å². The zero-order valence-corrected chi connectivity index (χ0v) is 13.5. The molecule has 5 heteroatoms. The van der Waals surface area contributed by atoms with E-state index in [0.717, 1.165) is 22.4 Å². The summed E-state index contributed by atoms with van der Waals surface area (Å²) in [6.45, 7) is 4.83. The first-order valence-corrected chi connectivity index (χ1v) is 8.36. The van der Waals surface area contributed by atoms with Crippen LogP contribution < -0.4 is 10.9 Å². The van der Waals surface area contributed by atoms with Crippen LogP contribution in [0.15, 0.2) is 40.5 Å². The third kappa shape index (κ3) is 2.96. The molecule has 0 fully saturated rings. The first-order chi connectivity index (χ1) is 10.7. The van der Waals surface area contributed by atoms with Crippen molar-refractivity contribution in [3.63, 3.8) is 0 Å². The number of rotatable bonds is 5. The van der Waals surface area contributed by atoms with Gasteiger partial charge in [-0.25, -0.2) is 4.98 Å². The molecule has 22 heavy (non-hydrogen) atoms. The van der Waals surface area contributed by atoms with Crippen molar-refractivity contribution in [2.24, 2.45) is 0 Å². The Hall–Kier alpha value is -1.98. The number of hydrogen-bond acceptors (Lipinski definition) is 4. The highest BCUT2D eigenvalue weighted by Crippen LogP contribution is 2.30. The van der Waals surface area contributed by atoms with Crippen molar-refractivity contribution in [3.05, 3.63) is 51.9 Å². The summed E-state index contributed by atoms with van der Waals surface area (Å²) in [5.74, 6) is 0.694. The predicted octanol–water partition coefficient (Wildman–Crippen LogP) is 3.54. The molecule has 1 atom stereocenters. The maximum atomic E-state index is 12.5. The van der Waals surface area contributed by atoms with Gasteiger partial charge in [0.1, 0.15) is 10.7 Å². The van der Waals surface area contributed by atoms with E-state index in [0.29, 0.717) is 23.8 Å². The normalized spacial score (nSPS) is 12.6. The summed E-state index contributed by atoms with van der Waals surface area (Å²) in [5, 5.41) is 6.04. The molecule has 0 saturated carbocycles. The van der Waals surface area contributed by atoms with Crippen LogP contribution in [0.4, 0.5) is 0 Å². The zero-order chi connectivity index (χ0) is 15.5. The number of aromatic nitrogens is 2. The number of H-pyrrole nitrogens is 1. The van der Waals surface area contributed by atoms with Crippen LogP contribution >= 0.6 is 11.3 Å². The molecule has 0 aliphatic rings.